The Kier molecular flexibility index (Phi) is 5.59. The fourth-order valence-corrected chi connectivity index (χ4v) is 1.41. The molecule has 0 saturated carbocycles. The molecule has 1 saturated heterocycles. The van der Waals surface area contributed by atoms with Crippen LogP contribution in [0.5, 0.6) is 0 Å². The SMILES string of the molecule is C#CCNCCNCC1CCCO1. The number of terminal acetylenes is 1. The Morgan fingerprint density at radius 2 is 2.23 bits per heavy atom. The summed E-state index contributed by atoms with van der Waals surface area (Å²) in [5.41, 5.74) is 0. The molecular formula is C10H18N2O. The molecule has 0 radical (unpaired) electrons. The second-order valence-electron chi connectivity index (χ2n) is 3.22. The highest BCUT2D eigenvalue weighted by atomic mass is 16.5. The van der Waals surface area contributed by atoms with Gasteiger partial charge in [0.25, 0.3) is 0 Å². The minimum Gasteiger partial charge on any atom is -0.377 e. The first-order valence-electron chi connectivity index (χ1n) is 4.90. The maximum absolute atomic E-state index is 5.47. The number of nitrogens with one attached hydrogen (secondary N) is 2. The summed E-state index contributed by atoms with van der Waals surface area (Å²) in [6.07, 6.45) is 7.94. The average Bonchev–Trinajstić information content (AvgIpc) is 2.63. The monoisotopic (exact) mass is 182 g/mol. The Bertz CT molecular complexity index is 159. The van der Waals surface area contributed by atoms with Gasteiger partial charge in [-0.2, -0.15) is 0 Å². The number of hydrogen-bond donors (Lipinski definition) is 2. The fraction of sp³-hybridized carbons (Fsp3) is 0.800. The zero-order valence-corrected chi connectivity index (χ0v) is 8.01. The molecular weight excluding hydrogens is 164 g/mol. The lowest BCUT2D eigenvalue weighted by Crippen LogP contribution is -2.32. The molecule has 0 aromatic rings. The van der Waals surface area contributed by atoms with Gasteiger partial charge in [0.15, 0.2) is 0 Å². The predicted molar refractivity (Wildman–Crippen MR) is 53.5 cm³/mol. The highest BCUT2D eigenvalue weighted by Gasteiger charge is 2.13. The maximum Gasteiger partial charge on any atom is 0.0700 e. The van der Waals surface area contributed by atoms with E-state index in [0.29, 0.717) is 12.6 Å². The molecule has 0 aliphatic carbocycles. The van der Waals surface area contributed by atoms with Crippen molar-refractivity contribution in [3.8, 4) is 12.3 Å². The number of rotatable bonds is 6. The minimum atomic E-state index is 0.438. The molecule has 1 aliphatic rings. The van der Waals surface area contributed by atoms with Crippen LogP contribution in [-0.4, -0.2) is 38.9 Å². The smallest absolute Gasteiger partial charge is 0.0700 e. The Hall–Kier alpha value is -0.560. The molecule has 0 aromatic heterocycles. The second-order valence-corrected chi connectivity index (χ2v) is 3.22. The Morgan fingerprint density at radius 1 is 1.38 bits per heavy atom. The minimum absolute atomic E-state index is 0.438. The van der Waals surface area contributed by atoms with E-state index in [1.165, 1.54) is 12.8 Å². The van der Waals surface area contributed by atoms with Gasteiger partial charge in [0.05, 0.1) is 12.6 Å². The van der Waals surface area contributed by atoms with Crippen LogP contribution in [-0.2, 0) is 4.74 Å². The van der Waals surface area contributed by atoms with Crippen molar-refractivity contribution in [2.24, 2.45) is 0 Å². The quantitative estimate of drug-likeness (QED) is 0.447. The summed E-state index contributed by atoms with van der Waals surface area (Å²) in [7, 11) is 0. The Labute approximate surface area is 80.2 Å². The van der Waals surface area contributed by atoms with Gasteiger partial charge in [-0.3, -0.25) is 0 Å². The molecule has 74 valence electrons. The third kappa shape index (κ3) is 4.89. The summed E-state index contributed by atoms with van der Waals surface area (Å²) < 4.78 is 5.47. The third-order valence-corrected chi connectivity index (χ3v) is 2.10. The molecule has 3 heteroatoms. The topological polar surface area (TPSA) is 33.3 Å². The van der Waals surface area contributed by atoms with Gasteiger partial charge in [-0.25, -0.2) is 0 Å². The molecule has 2 N–H and O–H groups in total. The van der Waals surface area contributed by atoms with Crippen molar-refractivity contribution < 1.29 is 4.74 Å². The van der Waals surface area contributed by atoms with Crippen LogP contribution in [0, 0.1) is 12.3 Å². The first kappa shape index (κ1) is 10.5. The Balaban J connectivity index is 1.81. The standard InChI is InChI=1S/C10H18N2O/c1-2-5-11-6-7-12-9-10-4-3-8-13-10/h1,10-12H,3-9H2. The van der Waals surface area contributed by atoms with Crippen molar-refractivity contribution in [2.75, 3.05) is 32.8 Å². The van der Waals surface area contributed by atoms with Crippen LogP contribution in [0.25, 0.3) is 0 Å². The lowest BCUT2D eigenvalue weighted by Gasteiger charge is -2.10. The molecule has 1 fully saturated rings. The van der Waals surface area contributed by atoms with Crippen molar-refractivity contribution in [2.45, 2.75) is 18.9 Å². The largest absolute Gasteiger partial charge is 0.377 e. The van der Waals surface area contributed by atoms with Crippen LogP contribution >= 0.6 is 0 Å². The van der Waals surface area contributed by atoms with Crippen molar-refractivity contribution in [3.05, 3.63) is 0 Å². The van der Waals surface area contributed by atoms with Crippen LogP contribution in [0.4, 0.5) is 0 Å². The van der Waals surface area contributed by atoms with Crippen LogP contribution in [0.15, 0.2) is 0 Å². The van der Waals surface area contributed by atoms with Crippen LogP contribution < -0.4 is 10.6 Å². The first-order chi connectivity index (χ1) is 6.43. The van der Waals surface area contributed by atoms with E-state index in [2.05, 4.69) is 16.6 Å². The molecule has 1 heterocycles. The zero-order valence-electron chi connectivity index (χ0n) is 8.01. The summed E-state index contributed by atoms with van der Waals surface area (Å²) in [5.74, 6) is 2.54. The summed E-state index contributed by atoms with van der Waals surface area (Å²) in [4.78, 5) is 0. The van der Waals surface area contributed by atoms with Crippen molar-refractivity contribution >= 4 is 0 Å². The third-order valence-electron chi connectivity index (χ3n) is 2.10. The first-order valence-corrected chi connectivity index (χ1v) is 4.90. The lowest BCUT2D eigenvalue weighted by atomic mass is 10.2. The molecule has 1 atom stereocenters. The van der Waals surface area contributed by atoms with E-state index >= 15 is 0 Å². The molecule has 0 aromatic carbocycles. The molecule has 0 bridgehead atoms. The second kappa shape index (κ2) is 6.90. The van der Waals surface area contributed by atoms with Gasteiger partial charge in [-0.15, -0.1) is 6.42 Å². The van der Waals surface area contributed by atoms with E-state index in [0.717, 1.165) is 26.2 Å². The van der Waals surface area contributed by atoms with Crippen LogP contribution in [0.2, 0.25) is 0 Å². The molecule has 0 amide bonds. The summed E-state index contributed by atoms with van der Waals surface area (Å²) in [5, 5.41) is 6.45. The maximum atomic E-state index is 5.47. The highest BCUT2D eigenvalue weighted by Crippen LogP contribution is 2.10. The zero-order chi connectivity index (χ0) is 9.36. The highest BCUT2D eigenvalue weighted by molar-refractivity contribution is 4.86. The normalized spacial score (nSPS) is 21.6. The lowest BCUT2D eigenvalue weighted by molar-refractivity contribution is 0.110. The molecule has 3 nitrogen and oxygen atoms in total. The molecule has 1 unspecified atom stereocenters. The van der Waals surface area contributed by atoms with E-state index in [4.69, 9.17) is 11.2 Å². The number of ether oxygens (including phenoxy) is 1. The molecule has 13 heavy (non-hydrogen) atoms. The van der Waals surface area contributed by atoms with E-state index < -0.39 is 0 Å². The van der Waals surface area contributed by atoms with Gasteiger partial charge in [-0.1, -0.05) is 5.92 Å². The van der Waals surface area contributed by atoms with Crippen molar-refractivity contribution in [1.29, 1.82) is 0 Å². The van der Waals surface area contributed by atoms with E-state index in [1.54, 1.807) is 0 Å². The fourth-order valence-electron chi connectivity index (χ4n) is 1.41. The van der Waals surface area contributed by atoms with Gasteiger partial charge >= 0.3 is 0 Å². The van der Waals surface area contributed by atoms with Gasteiger partial charge in [0, 0.05) is 26.2 Å². The summed E-state index contributed by atoms with van der Waals surface area (Å²) in [6, 6.07) is 0. The van der Waals surface area contributed by atoms with Gasteiger partial charge in [-0.05, 0) is 12.8 Å². The van der Waals surface area contributed by atoms with E-state index in [9.17, 15) is 0 Å². The van der Waals surface area contributed by atoms with Gasteiger partial charge < -0.3 is 15.4 Å². The van der Waals surface area contributed by atoms with E-state index in [-0.39, 0.29) is 0 Å². The Morgan fingerprint density at radius 3 is 2.92 bits per heavy atom. The van der Waals surface area contributed by atoms with Crippen molar-refractivity contribution in [1.82, 2.24) is 10.6 Å². The van der Waals surface area contributed by atoms with Gasteiger partial charge in [0.2, 0.25) is 0 Å². The average molecular weight is 182 g/mol. The summed E-state index contributed by atoms with van der Waals surface area (Å²) in [6.45, 7) is 4.44. The van der Waals surface area contributed by atoms with Crippen LogP contribution in [0.3, 0.4) is 0 Å². The van der Waals surface area contributed by atoms with E-state index in [1.807, 2.05) is 0 Å². The predicted octanol–water partition coefficient (Wildman–Crippen LogP) is -0.0222. The molecule has 1 aliphatic heterocycles. The van der Waals surface area contributed by atoms with Crippen molar-refractivity contribution in [3.63, 3.8) is 0 Å². The summed E-state index contributed by atoms with van der Waals surface area (Å²) >= 11 is 0. The van der Waals surface area contributed by atoms with Crippen LogP contribution in [0.1, 0.15) is 12.8 Å². The molecule has 1 rings (SSSR count). The number of hydrogen-bond acceptors (Lipinski definition) is 3. The molecule has 0 spiro atoms. The van der Waals surface area contributed by atoms with Gasteiger partial charge in [0.1, 0.15) is 0 Å².